The fourth-order valence-electron chi connectivity index (χ4n) is 4.78. The monoisotopic (exact) mass is 486 g/mol. The molecule has 1 amide bonds. The molecule has 1 aliphatic heterocycles. The predicted octanol–water partition coefficient (Wildman–Crippen LogP) is 4.59. The highest BCUT2D eigenvalue weighted by Crippen LogP contribution is 2.38. The molecule has 1 atom stereocenters. The van der Waals surface area contributed by atoms with Crippen LogP contribution in [0.5, 0.6) is 0 Å². The number of alkyl halides is 3. The third kappa shape index (κ3) is 3.75. The van der Waals surface area contributed by atoms with Crippen molar-refractivity contribution in [2.24, 2.45) is 14.1 Å². The SMILES string of the molecule is Cc1nc2cc(F)ccc2cc1C(=O)N1CCc2c(nn(C)c2-c2cc(C(F)(F)F)nn2C)[C@@H]1C. The minimum absolute atomic E-state index is 0.230. The average molecular weight is 486 g/mol. The highest BCUT2D eigenvalue weighted by atomic mass is 19.4. The molecule has 0 aliphatic carbocycles. The van der Waals surface area contributed by atoms with Gasteiger partial charge in [-0.15, -0.1) is 0 Å². The van der Waals surface area contributed by atoms with Gasteiger partial charge in [-0.05, 0) is 44.5 Å². The molecule has 1 aromatic carbocycles. The van der Waals surface area contributed by atoms with Gasteiger partial charge in [0.25, 0.3) is 5.91 Å². The number of hydrogen-bond donors (Lipinski definition) is 0. The van der Waals surface area contributed by atoms with Crippen LogP contribution in [0.4, 0.5) is 17.6 Å². The smallest absolute Gasteiger partial charge is 0.330 e. The summed E-state index contributed by atoms with van der Waals surface area (Å²) in [7, 11) is 3.14. The van der Waals surface area contributed by atoms with E-state index >= 15 is 0 Å². The van der Waals surface area contributed by atoms with Crippen LogP contribution in [-0.2, 0) is 26.7 Å². The summed E-state index contributed by atoms with van der Waals surface area (Å²) in [5, 5.41) is 8.85. The average Bonchev–Trinajstić information content (AvgIpc) is 3.32. The summed E-state index contributed by atoms with van der Waals surface area (Å²) in [5.74, 6) is -0.631. The van der Waals surface area contributed by atoms with Gasteiger partial charge in [0.15, 0.2) is 5.69 Å². The van der Waals surface area contributed by atoms with E-state index in [0.717, 1.165) is 11.6 Å². The number of rotatable bonds is 2. The molecule has 0 spiro atoms. The first-order valence-electron chi connectivity index (χ1n) is 11.0. The number of aryl methyl sites for hydroxylation is 3. The standard InChI is InChI=1S/C24H22F4N6O/c1-12-17(9-14-5-6-15(25)10-18(14)29-12)23(35)34-8-7-16-21(13(34)2)31-33(4)22(16)19-11-20(24(26,27)28)30-32(19)3/h5-6,9-11,13H,7-8H2,1-4H3/t13-/m0/s1. The van der Waals surface area contributed by atoms with Crippen LogP contribution in [0.25, 0.3) is 22.3 Å². The maximum Gasteiger partial charge on any atom is 0.435 e. The summed E-state index contributed by atoms with van der Waals surface area (Å²) in [6, 6.07) is 6.54. The number of carbonyl (C=O) groups is 1. The molecule has 35 heavy (non-hydrogen) atoms. The van der Waals surface area contributed by atoms with Gasteiger partial charge in [0.2, 0.25) is 0 Å². The van der Waals surface area contributed by atoms with Gasteiger partial charge in [-0.3, -0.25) is 19.1 Å². The Labute approximate surface area is 198 Å². The van der Waals surface area contributed by atoms with Gasteiger partial charge < -0.3 is 4.90 Å². The number of amides is 1. The summed E-state index contributed by atoms with van der Waals surface area (Å²) in [6.07, 6.45) is -4.13. The summed E-state index contributed by atoms with van der Waals surface area (Å²) in [4.78, 5) is 19.6. The van der Waals surface area contributed by atoms with Crippen molar-refractivity contribution < 1.29 is 22.4 Å². The van der Waals surface area contributed by atoms with Gasteiger partial charge in [-0.25, -0.2) is 4.39 Å². The van der Waals surface area contributed by atoms with E-state index < -0.39 is 23.7 Å². The lowest BCUT2D eigenvalue weighted by Gasteiger charge is -2.33. The second-order valence-electron chi connectivity index (χ2n) is 8.76. The number of fused-ring (bicyclic) bond motifs is 2. The Balaban J connectivity index is 1.51. The van der Waals surface area contributed by atoms with Crippen molar-refractivity contribution in [3.05, 3.63) is 64.4 Å². The van der Waals surface area contributed by atoms with Crippen molar-refractivity contribution in [1.82, 2.24) is 29.4 Å². The molecule has 5 rings (SSSR count). The molecular formula is C24H22F4N6O. The maximum absolute atomic E-state index is 13.6. The molecular weight excluding hydrogens is 464 g/mol. The Hall–Kier alpha value is -3.76. The normalized spacial score (nSPS) is 16.1. The number of hydrogen-bond acceptors (Lipinski definition) is 4. The number of carbonyl (C=O) groups excluding carboxylic acids is 1. The Morgan fingerprint density at radius 1 is 1.09 bits per heavy atom. The Morgan fingerprint density at radius 3 is 2.51 bits per heavy atom. The fourth-order valence-corrected chi connectivity index (χ4v) is 4.78. The van der Waals surface area contributed by atoms with E-state index in [0.29, 0.717) is 52.2 Å². The number of benzene rings is 1. The summed E-state index contributed by atoms with van der Waals surface area (Å²) in [6.45, 7) is 3.91. The molecule has 4 heterocycles. The Kier molecular flexibility index (Phi) is 5.19. The number of aromatic nitrogens is 5. The predicted molar refractivity (Wildman–Crippen MR) is 120 cm³/mol. The van der Waals surface area contributed by atoms with Crippen LogP contribution < -0.4 is 0 Å². The van der Waals surface area contributed by atoms with E-state index in [1.807, 2.05) is 6.92 Å². The first-order chi connectivity index (χ1) is 16.5. The highest BCUT2D eigenvalue weighted by molar-refractivity contribution is 5.99. The molecule has 3 aromatic heterocycles. The molecule has 0 N–H and O–H groups in total. The van der Waals surface area contributed by atoms with Gasteiger partial charge in [0.1, 0.15) is 5.82 Å². The summed E-state index contributed by atoms with van der Waals surface area (Å²) >= 11 is 0. The molecule has 1 aliphatic rings. The van der Waals surface area contributed by atoms with E-state index in [9.17, 15) is 22.4 Å². The quantitative estimate of drug-likeness (QED) is 0.389. The van der Waals surface area contributed by atoms with Crippen molar-refractivity contribution in [1.29, 1.82) is 0 Å². The van der Waals surface area contributed by atoms with E-state index in [-0.39, 0.29) is 5.91 Å². The van der Waals surface area contributed by atoms with Gasteiger partial charge in [0.05, 0.1) is 39.9 Å². The second-order valence-corrected chi connectivity index (χ2v) is 8.76. The third-order valence-corrected chi connectivity index (χ3v) is 6.52. The number of pyridine rings is 1. The zero-order valence-electron chi connectivity index (χ0n) is 19.5. The molecule has 0 unspecified atom stereocenters. The van der Waals surface area contributed by atoms with Crippen LogP contribution in [0.3, 0.4) is 0 Å². The lowest BCUT2D eigenvalue weighted by molar-refractivity contribution is -0.141. The van der Waals surface area contributed by atoms with E-state index in [1.54, 1.807) is 35.7 Å². The Bertz CT molecular complexity index is 1490. The first kappa shape index (κ1) is 23.0. The molecule has 0 fully saturated rings. The zero-order chi connectivity index (χ0) is 25.2. The van der Waals surface area contributed by atoms with Gasteiger partial charge in [-0.2, -0.15) is 23.4 Å². The van der Waals surface area contributed by atoms with Crippen molar-refractivity contribution in [3.63, 3.8) is 0 Å². The largest absolute Gasteiger partial charge is 0.435 e. The van der Waals surface area contributed by atoms with E-state index in [2.05, 4.69) is 15.2 Å². The van der Waals surface area contributed by atoms with Gasteiger partial charge in [0, 0.05) is 37.7 Å². The van der Waals surface area contributed by atoms with Crippen LogP contribution in [-0.4, -0.2) is 41.9 Å². The lowest BCUT2D eigenvalue weighted by atomic mass is 9.96. The van der Waals surface area contributed by atoms with E-state index in [4.69, 9.17) is 0 Å². The minimum atomic E-state index is -4.55. The third-order valence-electron chi connectivity index (χ3n) is 6.52. The zero-order valence-corrected chi connectivity index (χ0v) is 19.5. The maximum atomic E-state index is 13.6. The fraction of sp³-hybridized carbons (Fsp3) is 0.333. The lowest BCUT2D eigenvalue weighted by Crippen LogP contribution is -2.39. The van der Waals surface area contributed by atoms with E-state index in [1.165, 1.54) is 23.9 Å². The Morgan fingerprint density at radius 2 is 1.83 bits per heavy atom. The molecule has 0 bridgehead atoms. The minimum Gasteiger partial charge on any atom is -0.330 e. The molecule has 182 valence electrons. The summed E-state index contributed by atoms with van der Waals surface area (Å²) in [5.41, 5.74) is 2.69. The van der Waals surface area contributed by atoms with Crippen LogP contribution in [0.15, 0.2) is 30.3 Å². The van der Waals surface area contributed by atoms with Gasteiger partial charge >= 0.3 is 6.18 Å². The molecule has 11 heteroatoms. The van der Waals surface area contributed by atoms with Crippen molar-refractivity contribution in [2.75, 3.05) is 6.54 Å². The second kappa shape index (κ2) is 7.89. The van der Waals surface area contributed by atoms with Crippen molar-refractivity contribution in [3.8, 4) is 11.4 Å². The summed E-state index contributed by atoms with van der Waals surface area (Å²) < 4.78 is 55.9. The molecule has 4 aromatic rings. The van der Waals surface area contributed by atoms with Crippen LogP contribution >= 0.6 is 0 Å². The van der Waals surface area contributed by atoms with Crippen LogP contribution in [0.2, 0.25) is 0 Å². The number of nitrogens with zero attached hydrogens (tertiary/aromatic N) is 6. The van der Waals surface area contributed by atoms with Crippen LogP contribution in [0, 0.1) is 12.7 Å². The molecule has 7 nitrogen and oxygen atoms in total. The van der Waals surface area contributed by atoms with Crippen molar-refractivity contribution in [2.45, 2.75) is 32.5 Å². The van der Waals surface area contributed by atoms with Crippen LogP contribution in [0.1, 0.15) is 46.0 Å². The topological polar surface area (TPSA) is 68.8 Å². The molecule has 0 saturated heterocycles. The number of halogens is 4. The first-order valence-corrected chi connectivity index (χ1v) is 11.0. The van der Waals surface area contributed by atoms with Gasteiger partial charge in [-0.1, -0.05) is 0 Å². The molecule has 0 saturated carbocycles. The van der Waals surface area contributed by atoms with Crippen molar-refractivity contribution >= 4 is 16.8 Å². The highest BCUT2D eigenvalue weighted by Gasteiger charge is 2.38. The molecule has 0 radical (unpaired) electrons.